The molecule has 14 heteroatoms. The first-order valence-corrected chi connectivity index (χ1v) is 11.5. The fourth-order valence-electron chi connectivity index (χ4n) is 3.53. The minimum absolute atomic E-state index is 0.0999. The number of esters is 1. The van der Waals surface area contributed by atoms with E-state index in [-0.39, 0.29) is 40.1 Å². The highest BCUT2D eigenvalue weighted by Gasteiger charge is 2.34. The molecule has 4 rings (SSSR count). The number of nitrogens with one attached hydrogen (secondary N) is 2. The van der Waals surface area contributed by atoms with E-state index in [1.54, 1.807) is 30.3 Å². The average molecular weight is 555 g/mol. The summed E-state index contributed by atoms with van der Waals surface area (Å²) in [4.78, 5) is 60.7. The smallest absolute Gasteiger partial charge is 0.373 e. The number of hydrogen-bond acceptors (Lipinski definition) is 9. The number of halogens is 1. The van der Waals surface area contributed by atoms with E-state index in [1.165, 1.54) is 31.4 Å². The number of amides is 4. The van der Waals surface area contributed by atoms with Gasteiger partial charge in [0.2, 0.25) is 11.5 Å². The van der Waals surface area contributed by atoms with Gasteiger partial charge < -0.3 is 24.5 Å². The number of carbonyl (C=O) groups is 4. The summed E-state index contributed by atoms with van der Waals surface area (Å²) in [5, 5.41) is 16.5. The molecule has 1 aliphatic rings. The van der Waals surface area contributed by atoms with E-state index >= 15 is 0 Å². The Kier molecular flexibility index (Phi) is 7.91. The van der Waals surface area contributed by atoms with Crippen LogP contribution in [0.4, 0.5) is 16.2 Å². The molecule has 2 aromatic carbocycles. The minimum Gasteiger partial charge on any atom is -0.476 e. The SMILES string of the molecule is COC(=O)c1ccc(CN2C(=O)N/C(=C\c3cc(Cl)c(OCC(=O)Nc4ccccc4)c([N+](=O)[O-])c3)C2=O)o1. The van der Waals surface area contributed by atoms with Crippen LogP contribution < -0.4 is 15.4 Å². The second-order valence-electron chi connectivity index (χ2n) is 7.95. The lowest BCUT2D eigenvalue weighted by atomic mass is 10.1. The first-order chi connectivity index (χ1) is 18.7. The summed E-state index contributed by atoms with van der Waals surface area (Å²) < 4.78 is 15.2. The Labute approximate surface area is 225 Å². The van der Waals surface area contributed by atoms with Gasteiger partial charge >= 0.3 is 17.7 Å². The Hall–Kier alpha value is -5.17. The molecule has 0 spiro atoms. The lowest BCUT2D eigenvalue weighted by molar-refractivity contribution is -0.385. The number of rotatable bonds is 9. The predicted molar refractivity (Wildman–Crippen MR) is 136 cm³/mol. The van der Waals surface area contributed by atoms with Gasteiger partial charge in [-0.05, 0) is 42.0 Å². The fraction of sp³-hybridized carbons (Fsp3) is 0.120. The number of furan rings is 1. The van der Waals surface area contributed by atoms with Crippen LogP contribution in [-0.4, -0.2) is 47.4 Å². The molecule has 1 aliphatic heterocycles. The Morgan fingerprint density at radius 3 is 2.62 bits per heavy atom. The van der Waals surface area contributed by atoms with Crippen LogP contribution in [0.1, 0.15) is 21.9 Å². The molecule has 0 saturated carbocycles. The third-order valence-corrected chi connectivity index (χ3v) is 5.56. The van der Waals surface area contributed by atoms with E-state index in [0.717, 1.165) is 11.0 Å². The number of nitro benzene ring substituents is 1. The van der Waals surface area contributed by atoms with Gasteiger partial charge in [0.05, 0.1) is 23.6 Å². The summed E-state index contributed by atoms with van der Waals surface area (Å²) in [6.45, 7) is -0.832. The molecule has 4 amide bonds. The van der Waals surface area contributed by atoms with Gasteiger partial charge in [0.25, 0.3) is 11.8 Å². The summed E-state index contributed by atoms with van der Waals surface area (Å²) >= 11 is 6.23. The van der Waals surface area contributed by atoms with Crippen LogP contribution in [0.5, 0.6) is 5.75 Å². The molecule has 0 aliphatic carbocycles. The van der Waals surface area contributed by atoms with Gasteiger partial charge in [-0.1, -0.05) is 29.8 Å². The number of anilines is 1. The summed E-state index contributed by atoms with van der Waals surface area (Å²) in [7, 11) is 1.18. The van der Waals surface area contributed by atoms with E-state index in [2.05, 4.69) is 15.4 Å². The molecule has 2 heterocycles. The lowest BCUT2D eigenvalue weighted by Crippen LogP contribution is -2.30. The Morgan fingerprint density at radius 1 is 1.18 bits per heavy atom. The average Bonchev–Trinajstić information content (AvgIpc) is 3.48. The number of urea groups is 1. The molecule has 1 fully saturated rings. The van der Waals surface area contributed by atoms with E-state index in [4.69, 9.17) is 20.8 Å². The van der Waals surface area contributed by atoms with Crippen LogP contribution in [-0.2, 0) is 20.9 Å². The van der Waals surface area contributed by atoms with Gasteiger partial charge in [-0.2, -0.15) is 0 Å². The quantitative estimate of drug-likeness (QED) is 0.131. The molecule has 1 saturated heterocycles. The molecule has 0 radical (unpaired) electrons. The number of ether oxygens (including phenoxy) is 2. The molecule has 39 heavy (non-hydrogen) atoms. The number of nitrogens with zero attached hydrogens (tertiary/aromatic N) is 2. The van der Waals surface area contributed by atoms with Crippen molar-refractivity contribution in [3.05, 3.63) is 92.5 Å². The van der Waals surface area contributed by atoms with E-state index in [9.17, 15) is 29.3 Å². The molecule has 3 aromatic rings. The molecular weight excluding hydrogens is 536 g/mol. The zero-order chi connectivity index (χ0) is 28.1. The number of para-hydroxylation sites is 1. The number of methoxy groups -OCH3 is 1. The van der Waals surface area contributed by atoms with E-state index < -0.39 is 41.0 Å². The van der Waals surface area contributed by atoms with E-state index in [0.29, 0.717) is 5.69 Å². The summed E-state index contributed by atoms with van der Waals surface area (Å²) in [5.41, 5.74) is -0.103. The standard InChI is InChI=1S/C25H19ClN4O9/c1-37-24(33)20-8-7-16(39-20)12-29-23(32)18(28-25(29)34)10-14-9-17(26)22(19(11-14)30(35)36)38-13-21(31)27-15-5-3-2-4-6-15/h2-11H,12-13H2,1H3,(H,27,31)(H,28,34)/b18-10-. The molecule has 2 N–H and O–H groups in total. The molecule has 0 bridgehead atoms. The van der Waals surface area contributed by atoms with Crippen molar-refractivity contribution >= 4 is 52.9 Å². The molecule has 1 aromatic heterocycles. The summed E-state index contributed by atoms with van der Waals surface area (Å²) in [6, 6.07) is 12.9. The molecular formula is C25H19ClN4O9. The van der Waals surface area contributed by atoms with Gasteiger partial charge in [-0.25, -0.2) is 9.59 Å². The monoisotopic (exact) mass is 554 g/mol. The second kappa shape index (κ2) is 11.5. The maximum atomic E-state index is 12.8. The molecule has 0 unspecified atom stereocenters. The van der Waals surface area contributed by atoms with Crippen molar-refractivity contribution in [2.75, 3.05) is 19.0 Å². The van der Waals surface area contributed by atoms with E-state index in [1.807, 2.05) is 0 Å². The second-order valence-corrected chi connectivity index (χ2v) is 8.36. The van der Waals surface area contributed by atoms with Crippen LogP contribution in [0.2, 0.25) is 5.02 Å². The number of nitro groups is 1. The van der Waals surface area contributed by atoms with Crippen LogP contribution in [0.3, 0.4) is 0 Å². The zero-order valence-electron chi connectivity index (χ0n) is 20.1. The van der Waals surface area contributed by atoms with Crippen molar-refractivity contribution in [1.29, 1.82) is 0 Å². The first-order valence-electron chi connectivity index (χ1n) is 11.1. The van der Waals surface area contributed by atoms with Gasteiger partial charge in [-0.3, -0.25) is 24.6 Å². The Morgan fingerprint density at radius 2 is 1.92 bits per heavy atom. The van der Waals surface area contributed by atoms with Gasteiger partial charge in [0.1, 0.15) is 11.5 Å². The van der Waals surface area contributed by atoms with Crippen molar-refractivity contribution in [1.82, 2.24) is 10.2 Å². The lowest BCUT2D eigenvalue weighted by Gasteiger charge is -2.10. The number of hydrogen-bond donors (Lipinski definition) is 2. The highest BCUT2D eigenvalue weighted by atomic mass is 35.5. The zero-order valence-corrected chi connectivity index (χ0v) is 20.9. The highest BCUT2D eigenvalue weighted by Crippen LogP contribution is 2.37. The van der Waals surface area contributed by atoms with Crippen LogP contribution in [0.15, 0.2) is 64.7 Å². The van der Waals surface area contributed by atoms with Crippen molar-refractivity contribution in [2.45, 2.75) is 6.54 Å². The van der Waals surface area contributed by atoms with Gasteiger partial charge in [0.15, 0.2) is 6.61 Å². The number of imide groups is 1. The van der Waals surface area contributed by atoms with Gasteiger partial charge in [0, 0.05) is 11.8 Å². The Balaban J connectivity index is 1.49. The third kappa shape index (κ3) is 6.22. The third-order valence-electron chi connectivity index (χ3n) is 5.28. The van der Waals surface area contributed by atoms with Crippen molar-refractivity contribution in [3.8, 4) is 5.75 Å². The summed E-state index contributed by atoms with van der Waals surface area (Å²) in [6.07, 6.45) is 1.20. The topological polar surface area (TPSA) is 170 Å². The maximum Gasteiger partial charge on any atom is 0.373 e. The van der Waals surface area contributed by atoms with Crippen molar-refractivity contribution in [3.63, 3.8) is 0 Å². The normalized spacial score (nSPS) is 13.8. The largest absolute Gasteiger partial charge is 0.476 e. The molecule has 13 nitrogen and oxygen atoms in total. The number of benzene rings is 2. The predicted octanol–water partition coefficient (Wildman–Crippen LogP) is 3.74. The van der Waals surface area contributed by atoms with Crippen molar-refractivity contribution < 1.29 is 38.0 Å². The van der Waals surface area contributed by atoms with Gasteiger partial charge in [-0.15, -0.1) is 0 Å². The van der Waals surface area contributed by atoms with Crippen LogP contribution >= 0.6 is 11.6 Å². The Bertz CT molecular complexity index is 1500. The maximum absolute atomic E-state index is 12.8. The fourth-order valence-corrected chi connectivity index (χ4v) is 3.81. The number of carbonyl (C=O) groups excluding carboxylic acids is 4. The highest BCUT2D eigenvalue weighted by molar-refractivity contribution is 6.32. The molecule has 0 atom stereocenters. The van der Waals surface area contributed by atoms with Crippen LogP contribution in [0, 0.1) is 10.1 Å². The minimum atomic E-state index is -0.771. The van der Waals surface area contributed by atoms with Crippen LogP contribution in [0.25, 0.3) is 6.08 Å². The summed E-state index contributed by atoms with van der Waals surface area (Å²) in [5.74, 6) is -2.31. The van der Waals surface area contributed by atoms with Crippen molar-refractivity contribution in [2.24, 2.45) is 0 Å². The first kappa shape index (κ1) is 26.9. The molecule has 200 valence electrons.